The third kappa shape index (κ3) is 53.4. The Kier molecular flexibility index (Phi) is 51.8. The Morgan fingerprint density at radius 3 is 0.872 bits per heavy atom. The van der Waals surface area contributed by atoms with E-state index in [1.807, 2.05) is 0 Å². The predicted octanol–water partition coefficient (Wildman–Crippen LogP) is 15.8. The molecule has 2 unspecified atom stereocenters. The zero-order valence-electron chi connectivity index (χ0n) is 49.8. The van der Waals surface area contributed by atoms with E-state index in [4.69, 9.17) is 37.0 Å². The van der Waals surface area contributed by atoms with Gasteiger partial charge >= 0.3 is 39.5 Å². The van der Waals surface area contributed by atoms with Crippen molar-refractivity contribution >= 4 is 39.5 Å². The van der Waals surface area contributed by atoms with Crippen LogP contribution in [0.15, 0.2) is 0 Å². The second-order valence-corrected chi connectivity index (χ2v) is 24.8. The van der Waals surface area contributed by atoms with E-state index in [0.29, 0.717) is 25.7 Å². The standard InChI is InChI=1S/C59H114O17P2/c1-6-9-12-15-18-27-32-37-42-56(61)69-48-54(75-58(63)44-39-34-29-20-17-14-11-8-3)50-73-77(65,66)71-46-53(60)47-72-78(67,68)74-51-55(49-70-57(62)43-38-33-28-19-16-13-10-7-2)76-59(64)45-40-35-30-25-23-21-22-24-26-31-36-41-52(4)5/h52-55,60H,6-51H2,1-5H3,(H,65,66)(H,67,68)/t53-,54+,55+/m0/s1. The first-order valence-electron chi connectivity index (χ1n) is 31.1. The van der Waals surface area contributed by atoms with Gasteiger partial charge in [-0.1, -0.05) is 240 Å². The van der Waals surface area contributed by atoms with E-state index in [1.54, 1.807) is 0 Å². The van der Waals surface area contributed by atoms with Gasteiger partial charge in [0.2, 0.25) is 0 Å². The maximum atomic E-state index is 12.9. The van der Waals surface area contributed by atoms with Crippen LogP contribution in [0.1, 0.15) is 291 Å². The number of unbranched alkanes of at least 4 members (excludes halogenated alkanes) is 31. The zero-order chi connectivity index (χ0) is 57.8. The fraction of sp³-hybridized carbons (Fsp3) is 0.932. The molecule has 0 rings (SSSR count). The van der Waals surface area contributed by atoms with E-state index in [9.17, 15) is 43.2 Å². The smallest absolute Gasteiger partial charge is 0.462 e. The lowest BCUT2D eigenvalue weighted by Gasteiger charge is -2.21. The number of carbonyl (C=O) groups excluding carboxylic acids is 4. The van der Waals surface area contributed by atoms with Gasteiger partial charge in [0, 0.05) is 25.7 Å². The summed E-state index contributed by atoms with van der Waals surface area (Å²) in [7, 11) is -9.87. The Bertz CT molecular complexity index is 1530. The quantitative estimate of drug-likeness (QED) is 0.0222. The Balaban J connectivity index is 5.18. The second kappa shape index (κ2) is 53.1. The van der Waals surface area contributed by atoms with Gasteiger partial charge in [-0.3, -0.25) is 37.3 Å². The van der Waals surface area contributed by atoms with Gasteiger partial charge in [0.05, 0.1) is 26.4 Å². The van der Waals surface area contributed by atoms with Gasteiger partial charge in [0.15, 0.2) is 12.2 Å². The topological polar surface area (TPSA) is 237 Å². The molecular formula is C59H114O17P2. The number of carbonyl (C=O) groups is 4. The van der Waals surface area contributed by atoms with Crippen LogP contribution in [0.2, 0.25) is 0 Å². The van der Waals surface area contributed by atoms with Crippen molar-refractivity contribution in [2.45, 2.75) is 310 Å². The summed E-state index contributed by atoms with van der Waals surface area (Å²) >= 11 is 0. The van der Waals surface area contributed by atoms with Crippen molar-refractivity contribution in [1.29, 1.82) is 0 Å². The van der Waals surface area contributed by atoms with Gasteiger partial charge in [-0.2, -0.15) is 0 Å². The van der Waals surface area contributed by atoms with Crippen molar-refractivity contribution in [3.05, 3.63) is 0 Å². The molecule has 0 bridgehead atoms. The number of esters is 4. The van der Waals surface area contributed by atoms with Crippen LogP contribution in [0.5, 0.6) is 0 Å². The number of ether oxygens (including phenoxy) is 4. The van der Waals surface area contributed by atoms with Crippen LogP contribution in [0.4, 0.5) is 0 Å². The molecule has 0 aliphatic carbocycles. The van der Waals surface area contributed by atoms with Crippen molar-refractivity contribution in [2.75, 3.05) is 39.6 Å². The lowest BCUT2D eigenvalue weighted by atomic mass is 10.0. The van der Waals surface area contributed by atoms with Gasteiger partial charge in [-0.15, -0.1) is 0 Å². The van der Waals surface area contributed by atoms with Crippen LogP contribution in [0, 0.1) is 5.92 Å². The van der Waals surface area contributed by atoms with Crippen molar-refractivity contribution in [3.63, 3.8) is 0 Å². The highest BCUT2D eigenvalue weighted by atomic mass is 31.2. The molecule has 0 saturated heterocycles. The van der Waals surface area contributed by atoms with Crippen molar-refractivity contribution in [1.82, 2.24) is 0 Å². The summed E-state index contributed by atoms with van der Waals surface area (Å²) < 4.78 is 67.6. The van der Waals surface area contributed by atoms with E-state index in [-0.39, 0.29) is 25.7 Å². The molecule has 0 aromatic rings. The highest BCUT2D eigenvalue weighted by Crippen LogP contribution is 2.45. The van der Waals surface area contributed by atoms with E-state index in [0.717, 1.165) is 115 Å². The molecule has 0 aliphatic rings. The fourth-order valence-electron chi connectivity index (χ4n) is 8.70. The zero-order valence-corrected chi connectivity index (χ0v) is 51.6. The Hall–Kier alpha value is -1.94. The molecule has 3 N–H and O–H groups in total. The summed E-state index contributed by atoms with van der Waals surface area (Å²) in [6, 6.07) is 0. The second-order valence-electron chi connectivity index (χ2n) is 21.9. The van der Waals surface area contributed by atoms with Crippen LogP contribution in [0.3, 0.4) is 0 Å². The molecule has 0 heterocycles. The van der Waals surface area contributed by atoms with Gasteiger partial charge < -0.3 is 33.8 Å². The Morgan fingerprint density at radius 1 is 0.346 bits per heavy atom. The molecule has 462 valence electrons. The van der Waals surface area contributed by atoms with E-state index in [1.165, 1.54) is 96.3 Å². The van der Waals surface area contributed by atoms with Crippen molar-refractivity contribution in [3.8, 4) is 0 Å². The minimum atomic E-state index is -4.94. The molecule has 19 heteroatoms. The van der Waals surface area contributed by atoms with Crippen molar-refractivity contribution < 1.29 is 80.2 Å². The minimum absolute atomic E-state index is 0.105. The minimum Gasteiger partial charge on any atom is -0.462 e. The molecule has 0 aliphatic heterocycles. The van der Waals surface area contributed by atoms with Gasteiger partial charge in [-0.25, -0.2) is 9.13 Å². The van der Waals surface area contributed by atoms with E-state index < -0.39 is 97.5 Å². The highest BCUT2D eigenvalue weighted by Gasteiger charge is 2.30. The predicted molar refractivity (Wildman–Crippen MR) is 308 cm³/mol. The molecule has 0 amide bonds. The Morgan fingerprint density at radius 2 is 0.590 bits per heavy atom. The normalized spacial score (nSPS) is 14.4. The maximum Gasteiger partial charge on any atom is 0.472 e. The van der Waals surface area contributed by atoms with Crippen LogP contribution >= 0.6 is 15.6 Å². The average molecular weight is 1160 g/mol. The lowest BCUT2D eigenvalue weighted by molar-refractivity contribution is -0.161. The van der Waals surface area contributed by atoms with Crippen molar-refractivity contribution in [2.24, 2.45) is 5.92 Å². The molecule has 5 atom stereocenters. The van der Waals surface area contributed by atoms with Crippen LogP contribution in [0.25, 0.3) is 0 Å². The average Bonchev–Trinajstić information content (AvgIpc) is 3.40. The molecule has 17 nitrogen and oxygen atoms in total. The lowest BCUT2D eigenvalue weighted by Crippen LogP contribution is -2.30. The highest BCUT2D eigenvalue weighted by molar-refractivity contribution is 7.47. The fourth-order valence-corrected chi connectivity index (χ4v) is 10.3. The number of phosphoric ester groups is 2. The number of phosphoric acid groups is 2. The van der Waals surface area contributed by atoms with E-state index in [2.05, 4.69) is 34.6 Å². The third-order valence-corrected chi connectivity index (χ3v) is 15.4. The molecule has 0 aromatic heterocycles. The first kappa shape index (κ1) is 76.1. The van der Waals surface area contributed by atoms with E-state index >= 15 is 0 Å². The molecule has 0 radical (unpaired) electrons. The number of aliphatic hydroxyl groups excluding tert-OH is 1. The third-order valence-electron chi connectivity index (χ3n) is 13.5. The molecular weight excluding hydrogens is 1040 g/mol. The largest absolute Gasteiger partial charge is 0.472 e. The summed E-state index contributed by atoms with van der Waals surface area (Å²) in [5.74, 6) is -1.38. The SMILES string of the molecule is CCCCCCCCCCC(=O)OC[C@H](COP(=O)(O)OC[C@H](O)COP(=O)(O)OC[C@@H](COC(=O)CCCCCCCCCC)OC(=O)CCCCCCCCCCCCCC(C)C)OC(=O)CCCCCCCCCC. The van der Waals surface area contributed by atoms with Gasteiger partial charge in [0.25, 0.3) is 0 Å². The van der Waals surface area contributed by atoms with Gasteiger partial charge in [0.1, 0.15) is 19.3 Å². The monoisotopic (exact) mass is 1160 g/mol. The summed E-state index contributed by atoms with van der Waals surface area (Å²) in [6.45, 7) is 7.08. The molecule has 0 saturated carbocycles. The summed E-state index contributed by atoms with van der Waals surface area (Å²) in [6.07, 6.45) is 34.9. The number of aliphatic hydroxyl groups is 1. The summed E-state index contributed by atoms with van der Waals surface area (Å²) in [5, 5.41) is 10.5. The van der Waals surface area contributed by atoms with Crippen LogP contribution in [-0.4, -0.2) is 96.7 Å². The first-order valence-corrected chi connectivity index (χ1v) is 34.1. The molecule has 0 fully saturated rings. The van der Waals surface area contributed by atoms with Crippen LogP contribution in [-0.2, 0) is 65.4 Å². The first-order chi connectivity index (χ1) is 37.5. The van der Waals surface area contributed by atoms with Crippen LogP contribution < -0.4 is 0 Å². The molecule has 0 aromatic carbocycles. The Labute approximate surface area is 473 Å². The summed E-state index contributed by atoms with van der Waals surface area (Å²) in [4.78, 5) is 71.7. The molecule has 0 spiro atoms. The maximum absolute atomic E-state index is 12.9. The number of hydrogen-bond acceptors (Lipinski definition) is 15. The summed E-state index contributed by atoms with van der Waals surface area (Å²) in [5.41, 5.74) is 0. The number of rotatable bonds is 59. The van der Waals surface area contributed by atoms with Gasteiger partial charge in [-0.05, 0) is 31.6 Å². The molecule has 78 heavy (non-hydrogen) atoms. The number of hydrogen-bond donors (Lipinski definition) is 3.